The third kappa shape index (κ3) is 6.73. The molecule has 180 valence electrons. The molecule has 34 heavy (non-hydrogen) atoms. The van der Waals surface area contributed by atoms with Crippen molar-refractivity contribution >= 4 is 11.8 Å². The van der Waals surface area contributed by atoms with E-state index in [1.165, 1.54) is 0 Å². The maximum absolute atomic E-state index is 13.5. The van der Waals surface area contributed by atoms with Gasteiger partial charge in [-0.25, -0.2) is 0 Å². The number of rotatable bonds is 11. The normalized spacial score (nSPS) is 10.9. The Balaban J connectivity index is 1.82. The molecule has 3 aromatic rings. The standard InChI is InChI=1S/C28H35N3O3/c1-5-27(32)31(22(2)3)21-28(33)30(18-23-11-7-6-8-12-23)20-25-14-10-16-29(25)19-24-13-9-15-26(17-24)34-4/h6-17,22H,5,18-21H2,1-4H3. The molecule has 0 aliphatic heterocycles. The monoisotopic (exact) mass is 461 g/mol. The summed E-state index contributed by atoms with van der Waals surface area (Å²) in [5.74, 6) is 0.749. The van der Waals surface area contributed by atoms with Crippen LogP contribution >= 0.6 is 0 Å². The van der Waals surface area contributed by atoms with E-state index >= 15 is 0 Å². The predicted molar refractivity (Wildman–Crippen MR) is 134 cm³/mol. The lowest BCUT2D eigenvalue weighted by atomic mass is 10.2. The van der Waals surface area contributed by atoms with Crippen LogP contribution in [0.5, 0.6) is 5.75 Å². The van der Waals surface area contributed by atoms with Crippen LogP contribution in [-0.2, 0) is 29.2 Å². The molecule has 0 radical (unpaired) electrons. The zero-order chi connectivity index (χ0) is 24.5. The highest BCUT2D eigenvalue weighted by Crippen LogP contribution is 2.17. The highest BCUT2D eigenvalue weighted by molar-refractivity contribution is 5.85. The van der Waals surface area contributed by atoms with Crippen molar-refractivity contribution in [3.63, 3.8) is 0 Å². The molecule has 0 aliphatic carbocycles. The largest absolute Gasteiger partial charge is 0.497 e. The van der Waals surface area contributed by atoms with Crippen LogP contribution in [0.1, 0.15) is 44.0 Å². The van der Waals surface area contributed by atoms with Gasteiger partial charge in [0, 0.05) is 37.4 Å². The van der Waals surface area contributed by atoms with E-state index < -0.39 is 0 Å². The number of amides is 2. The number of hydrogen-bond acceptors (Lipinski definition) is 3. The number of benzene rings is 2. The lowest BCUT2D eigenvalue weighted by Crippen LogP contribution is -2.45. The van der Waals surface area contributed by atoms with Gasteiger partial charge in [-0.1, -0.05) is 49.4 Å². The van der Waals surface area contributed by atoms with Crippen molar-refractivity contribution < 1.29 is 14.3 Å². The van der Waals surface area contributed by atoms with Gasteiger partial charge in [0.2, 0.25) is 11.8 Å². The number of ether oxygens (including phenoxy) is 1. The predicted octanol–water partition coefficient (Wildman–Crippen LogP) is 4.72. The molecule has 0 fully saturated rings. The first-order valence-corrected chi connectivity index (χ1v) is 11.8. The molecule has 0 saturated carbocycles. The van der Waals surface area contributed by atoms with Gasteiger partial charge in [0.1, 0.15) is 5.75 Å². The number of hydrogen-bond donors (Lipinski definition) is 0. The second kappa shape index (κ2) is 12.1. The van der Waals surface area contributed by atoms with E-state index in [2.05, 4.69) is 10.6 Å². The third-order valence-electron chi connectivity index (χ3n) is 5.88. The Kier molecular flexibility index (Phi) is 8.91. The Hall–Kier alpha value is -3.54. The molecule has 3 rings (SSSR count). The molecular weight excluding hydrogens is 426 g/mol. The Bertz CT molecular complexity index is 1080. The molecule has 0 spiro atoms. The van der Waals surface area contributed by atoms with Gasteiger partial charge in [-0.05, 0) is 49.2 Å². The van der Waals surface area contributed by atoms with Crippen LogP contribution in [0, 0.1) is 0 Å². The molecule has 0 aliphatic rings. The van der Waals surface area contributed by atoms with Gasteiger partial charge in [-0.15, -0.1) is 0 Å². The molecule has 2 aromatic carbocycles. The fourth-order valence-corrected chi connectivity index (χ4v) is 3.95. The molecular formula is C28H35N3O3. The zero-order valence-electron chi connectivity index (χ0n) is 20.6. The molecule has 0 unspecified atom stereocenters. The molecule has 0 bridgehead atoms. The molecule has 0 N–H and O–H groups in total. The van der Waals surface area contributed by atoms with Crippen LogP contribution in [0.2, 0.25) is 0 Å². The molecule has 1 aromatic heterocycles. The van der Waals surface area contributed by atoms with E-state index in [4.69, 9.17) is 4.74 Å². The topological polar surface area (TPSA) is 54.8 Å². The van der Waals surface area contributed by atoms with E-state index in [1.807, 2.05) is 92.5 Å². The molecule has 6 nitrogen and oxygen atoms in total. The maximum atomic E-state index is 13.5. The van der Waals surface area contributed by atoms with Crippen molar-refractivity contribution in [3.05, 3.63) is 89.7 Å². The van der Waals surface area contributed by atoms with Gasteiger partial charge in [0.25, 0.3) is 0 Å². The van der Waals surface area contributed by atoms with Crippen LogP contribution < -0.4 is 4.74 Å². The highest BCUT2D eigenvalue weighted by Gasteiger charge is 2.23. The van der Waals surface area contributed by atoms with Crippen molar-refractivity contribution in [1.29, 1.82) is 0 Å². The first-order valence-electron chi connectivity index (χ1n) is 11.8. The van der Waals surface area contributed by atoms with E-state index in [1.54, 1.807) is 12.0 Å². The summed E-state index contributed by atoms with van der Waals surface area (Å²) < 4.78 is 7.51. The summed E-state index contributed by atoms with van der Waals surface area (Å²) >= 11 is 0. The van der Waals surface area contributed by atoms with Crippen LogP contribution in [0.15, 0.2) is 72.9 Å². The summed E-state index contributed by atoms with van der Waals surface area (Å²) in [6.45, 7) is 7.42. The van der Waals surface area contributed by atoms with E-state index in [-0.39, 0.29) is 24.4 Å². The van der Waals surface area contributed by atoms with E-state index in [0.717, 1.165) is 22.6 Å². The molecule has 1 heterocycles. The van der Waals surface area contributed by atoms with Crippen LogP contribution in [0.25, 0.3) is 0 Å². The Morgan fingerprint density at radius 1 is 0.912 bits per heavy atom. The summed E-state index contributed by atoms with van der Waals surface area (Å²) in [6.07, 6.45) is 2.41. The summed E-state index contributed by atoms with van der Waals surface area (Å²) in [7, 11) is 1.66. The third-order valence-corrected chi connectivity index (χ3v) is 5.88. The van der Waals surface area contributed by atoms with Crippen molar-refractivity contribution in [2.75, 3.05) is 13.7 Å². The minimum Gasteiger partial charge on any atom is -0.497 e. The number of aromatic nitrogens is 1. The summed E-state index contributed by atoms with van der Waals surface area (Å²) in [4.78, 5) is 29.4. The Labute approximate surface area is 202 Å². The Morgan fingerprint density at radius 2 is 1.65 bits per heavy atom. The summed E-state index contributed by atoms with van der Waals surface area (Å²) in [6, 6.07) is 22.0. The molecule has 6 heteroatoms. The quantitative estimate of drug-likeness (QED) is 0.415. The minimum absolute atomic E-state index is 0.00980. The number of nitrogens with zero attached hydrogens (tertiary/aromatic N) is 3. The van der Waals surface area contributed by atoms with E-state index in [9.17, 15) is 9.59 Å². The average molecular weight is 462 g/mol. The van der Waals surface area contributed by atoms with Crippen LogP contribution in [-0.4, -0.2) is 45.9 Å². The fraction of sp³-hybridized carbons (Fsp3) is 0.357. The number of carbonyl (C=O) groups is 2. The first kappa shape index (κ1) is 25.1. The smallest absolute Gasteiger partial charge is 0.242 e. The van der Waals surface area contributed by atoms with Gasteiger partial charge in [-0.2, -0.15) is 0 Å². The fourth-order valence-electron chi connectivity index (χ4n) is 3.95. The maximum Gasteiger partial charge on any atom is 0.242 e. The minimum atomic E-state index is -0.0616. The molecule has 2 amide bonds. The number of methoxy groups -OCH3 is 1. The van der Waals surface area contributed by atoms with E-state index in [0.29, 0.717) is 26.1 Å². The van der Waals surface area contributed by atoms with Gasteiger partial charge >= 0.3 is 0 Å². The Morgan fingerprint density at radius 3 is 2.32 bits per heavy atom. The summed E-state index contributed by atoms with van der Waals surface area (Å²) in [5.41, 5.74) is 3.21. The number of carbonyl (C=O) groups excluding carboxylic acids is 2. The second-order valence-corrected chi connectivity index (χ2v) is 8.68. The second-order valence-electron chi connectivity index (χ2n) is 8.68. The van der Waals surface area contributed by atoms with Crippen LogP contribution in [0.4, 0.5) is 0 Å². The molecule has 0 atom stereocenters. The van der Waals surface area contributed by atoms with Crippen molar-refractivity contribution in [3.8, 4) is 5.75 Å². The van der Waals surface area contributed by atoms with Gasteiger partial charge in [-0.3, -0.25) is 9.59 Å². The SMILES string of the molecule is CCC(=O)N(CC(=O)N(Cc1ccccc1)Cc1cccn1Cc1cccc(OC)c1)C(C)C. The van der Waals surface area contributed by atoms with Crippen molar-refractivity contribution in [1.82, 2.24) is 14.4 Å². The lowest BCUT2D eigenvalue weighted by Gasteiger charge is -2.30. The zero-order valence-corrected chi connectivity index (χ0v) is 20.6. The van der Waals surface area contributed by atoms with Gasteiger partial charge in [0.05, 0.1) is 20.2 Å². The van der Waals surface area contributed by atoms with Gasteiger partial charge < -0.3 is 19.1 Å². The lowest BCUT2D eigenvalue weighted by molar-refractivity contribution is -0.142. The average Bonchev–Trinajstić information content (AvgIpc) is 3.28. The molecule has 0 saturated heterocycles. The van der Waals surface area contributed by atoms with Crippen molar-refractivity contribution in [2.45, 2.75) is 52.9 Å². The van der Waals surface area contributed by atoms with Gasteiger partial charge in [0.15, 0.2) is 0 Å². The van der Waals surface area contributed by atoms with Crippen LogP contribution in [0.3, 0.4) is 0 Å². The first-order chi connectivity index (χ1) is 16.4. The van der Waals surface area contributed by atoms with Crippen molar-refractivity contribution in [2.24, 2.45) is 0 Å². The highest BCUT2D eigenvalue weighted by atomic mass is 16.5. The summed E-state index contributed by atoms with van der Waals surface area (Å²) in [5, 5.41) is 0.